The molecule has 1 atom stereocenters. The van der Waals surface area contributed by atoms with Crippen molar-refractivity contribution in [1.82, 2.24) is 4.90 Å². The van der Waals surface area contributed by atoms with Crippen LogP contribution in [0, 0.1) is 5.82 Å². The number of ether oxygens (including phenoxy) is 2. The summed E-state index contributed by atoms with van der Waals surface area (Å²) in [6.45, 7) is 5.12. The molecule has 1 unspecified atom stereocenters. The van der Waals surface area contributed by atoms with Crippen molar-refractivity contribution in [2.75, 3.05) is 33.4 Å². The van der Waals surface area contributed by atoms with E-state index in [1.165, 1.54) is 13.2 Å². The van der Waals surface area contributed by atoms with E-state index < -0.39 is 0 Å². The first-order valence-corrected chi connectivity index (χ1v) is 7.58. The molecule has 1 aromatic rings. The molecule has 5 heteroatoms. The standard InChI is InChI=1S/C16H25FN2O2/c1-3-21-13-6-8-19(9-7-13)15(11-18)12-4-5-16(20-2)14(17)10-12/h4-5,10,13,15H,3,6-9,11,18H2,1-2H3. The van der Waals surface area contributed by atoms with Crippen LogP contribution in [0.25, 0.3) is 0 Å². The summed E-state index contributed by atoms with van der Waals surface area (Å²) in [6, 6.07) is 5.15. The van der Waals surface area contributed by atoms with Crippen LogP contribution in [0.15, 0.2) is 18.2 Å². The minimum absolute atomic E-state index is 0.0491. The Morgan fingerprint density at radius 3 is 2.62 bits per heavy atom. The van der Waals surface area contributed by atoms with E-state index in [9.17, 15) is 4.39 Å². The van der Waals surface area contributed by atoms with Gasteiger partial charge < -0.3 is 15.2 Å². The first-order chi connectivity index (χ1) is 10.2. The van der Waals surface area contributed by atoms with E-state index in [1.807, 2.05) is 13.0 Å². The maximum Gasteiger partial charge on any atom is 0.165 e. The highest BCUT2D eigenvalue weighted by Crippen LogP contribution is 2.28. The van der Waals surface area contributed by atoms with Gasteiger partial charge in [0.2, 0.25) is 0 Å². The molecule has 1 aromatic carbocycles. The van der Waals surface area contributed by atoms with E-state index in [0.29, 0.717) is 12.6 Å². The highest BCUT2D eigenvalue weighted by atomic mass is 19.1. The van der Waals surface area contributed by atoms with Crippen LogP contribution in [-0.4, -0.2) is 44.4 Å². The predicted molar refractivity (Wildman–Crippen MR) is 81.0 cm³/mol. The first kappa shape index (κ1) is 16.2. The number of rotatable bonds is 6. The van der Waals surface area contributed by atoms with Crippen LogP contribution in [0.2, 0.25) is 0 Å². The average molecular weight is 296 g/mol. The Hall–Kier alpha value is -1.17. The molecule has 0 aromatic heterocycles. The molecule has 1 aliphatic heterocycles. The van der Waals surface area contributed by atoms with Crippen molar-refractivity contribution in [1.29, 1.82) is 0 Å². The molecule has 0 spiro atoms. The molecule has 21 heavy (non-hydrogen) atoms. The van der Waals surface area contributed by atoms with Crippen molar-refractivity contribution in [3.8, 4) is 5.75 Å². The van der Waals surface area contributed by atoms with Gasteiger partial charge in [-0.2, -0.15) is 0 Å². The van der Waals surface area contributed by atoms with Gasteiger partial charge in [-0.1, -0.05) is 6.07 Å². The Morgan fingerprint density at radius 2 is 2.10 bits per heavy atom. The second-order valence-electron chi connectivity index (χ2n) is 5.34. The zero-order valence-electron chi connectivity index (χ0n) is 12.8. The minimum Gasteiger partial charge on any atom is -0.494 e. The highest BCUT2D eigenvalue weighted by molar-refractivity contribution is 5.31. The van der Waals surface area contributed by atoms with Gasteiger partial charge in [0, 0.05) is 32.3 Å². The molecule has 1 saturated heterocycles. The van der Waals surface area contributed by atoms with Crippen LogP contribution >= 0.6 is 0 Å². The van der Waals surface area contributed by atoms with E-state index in [-0.39, 0.29) is 17.6 Å². The second-order valence-corrected chi connectivity index (χ2v) is 5.34. The molecule has 118 valence electrons. The summed E-state index contributed by atoms with van der Waals surface area (Å²) in [5.41, 5.74) is 6.83. The van der Waals surface area contributed by atoms with E-state index in [2.05, 4.69) is 4.90 Å². The van der Waals surface area contributed by atoms with Crippen molar-refractivity contribution in [2.24, 2.45) is 5.73 Å². The van der Waals surface area contributed by atoms with Crippen LogP contribution < -0.4 is 10.5 Å². The van der Waals surface area contributed by atoms with Gasteiger partial charge in [-0.15, -0.1) is 0 Å². The molecule has 0 radical (unpaired) electrons. The zero-order valence-corrected chi connectivity index (χ0v) is 12.8. The third kappa shape index (κ3) is 3.93. The van der Waals surface area contributed by atoms with Crippen molar-refractivity contribution in [2.45, 2.75) is 31.9 Å². The fourth-order valence-electron chi connectivity index (χ4n) is 2.98. The molecule has 2 rings (SSSR count). The molecular formula is C16H25FN2O2. The van der Waals surface area contributed by atoms with Gasteiger partial charge in [-0.05, 0) is 37.5 Å². The maximum absolute atomic E-state index is 13.9. The number of nitrogens with zero attached hydrogens (tertiary/aromatic N) is 1. The molecule has 0 bridgehead atoms. The van der Waals surface area contributed by atoms with E-state index in [0.717, 1.165) is 38.1 Å². The Bertz CT molecular complexity index is 448. The van der Waals surface area contributed by atoms with E-state index >= 15 is 0 Å². The Labute approximate surface area is 126 Å². The van der Waals surface area contributed by atoms with Crippen molar-refractivity contribution < 1.29 is 13.9 Å². The molecule has 1 aliphatic rings. The molecule has 0 saturated carbocycles. The molecule has 2 N–H and O–H groups in total. The molecular weight excluding hydrogens is 271 g/mol. The molecule has 4 nitrogen and oxygen atoms in total. The zero-order chi connectivity index (χ0) is 15.2. The number of piperidine rings is 1. The quantitative estimate of drug-likeness (QED) is 0.875. The smallest absolute Gasteiger partial charge is 0.165 e. The summed E-state index contributed by atoms with van der Waals surface area (Å²) in [6.07, 6.45) is 2.35. The van der Waals surface area contributed by atoms with Crippen LogP contribution in [0.3, 0.4) is 0 Å². The largest absolute Gasteiger partial charge is 0.494 e. The fraction of sp³-hybridized carbons (Fsp3) is 0.625. The summed E-state index contributed by atoms with van der Waals surface area (Å²) >= 11 is 0. The number of nitrogens with two attached hydrogens (primary N) is 1. The number of hydrogen-bond acceptors (Lipinski definition) is 4. The third-order valence-electron chi connectivity index (χ3n) is 4.10. The molecule has 1 fully saturated rings. The summed E-state index contributed by atoms with van der Waals surface area (Å²) < 4.78 is 24.5. The SMILES string of the molecule is CCOC1CCN(C(CN)c2ccc(OC)c(F)c2)CC1. The summed E-state index contributed by atoms with van der Waals surface area (Å²) in [5, 5.41) is 0. The predicted octanol–water partition coefficient (Wildman–Crippen LogP) is 2.33. The van der Waals surface area contributed by atoms with Crippen LogP contribution in [-0.2, 0) is 4.74 Å². The van der Waals surface area contributed by atoms with E-state index in [4.69, 9.17) is 15.2 Å². The molecule has 0 aliphatic carbocycles. The second kappa shape index (κ2) is 7.73. The average Bonchev–Trinajstić information content (AvgIpc) is 2.50. The maximum atomic E-state index is 13.9. The van der Waals surface area contributed by atoms with Gasteiger partial charge in [0.25, 0.3) is 0 Å². The van der Waals surface area contributed by atoms with Gasteiger partial charge in [0.15, 0.2) is 11.6 Å². The highest BCUT2D eigenvalue weighted by Gasteiger charge is 2.26. The number of benzene rings is 1. The number of halogens is 1. The van der Waals surface area contributed by atoms with Crippen molar-refractivity contribution >= 4 is 0 Å². The topological polar surface area (TPSA) is 47.7 Å². The summed E-state index contributed by atoms with van der Waals surface area (Å²) in [5.74, 6) is -0.0674. The third-order valence-corrected chi connectivity index (χ3v) is 4.10. The van der Waals surface area contributed by atoms with Gasteiger partial charge in [-0.25, -0.2) is 4.39 Å². The summed E-state index contributed by atoms with van der Waals surface area (Å²) in [7, 11) is 1.47. The van der Waals surface area contributed by atoms with E-state index in [1.54, 1.807) is 6.07 Å². The number of likely N-dealkylation sites (tertiary alicyclic amines) is 1. The lowest BCUT2D eigenvalue weighted by Gasteiger charge is -2.37. The van der Waals surface area contributed by atoms with Gasteiger partial charge in [-0.3, -0.25) is 4.90 Å². The van der Waals surface area contributed by atoms with Crippen LogP contribution in [0.5, 0.6) is 5.75 Å². The Morgan fingerprint density at radius 1 is 1.38 bits per heavy atom. The van der Waals surface area contributed by atoms with Crippen LogP contribution in [0.1, 0.15) is 31.4 Å². The molecule has 1 heterocycles. The normalized spacial score (nSPS) is 18.7. The first-order valence-electron chi connectivity index (χ1n) is 7.58. The van der Waals surface area contributed by atoms with Crippen molar-refractivity contribution in [3.63, 3.8) is 0 Å². The van der Waals surface area contributed by atoms with Crippen LogP contribution in [0.4, 0.5) is 4.39 Å². The Balaban J connectivity index is 2.05. The lowest BCUT2D eigenvalue weighted by atomic mass is 10.00. The van der Waals surface area contributed by atoms with Gasteiger partial charge in [0.05, 0.1) is 13.2 Å². The van der Waals surface area contributed by atoms with Gasteiger partial charge in [0.1, 0.15) is 0 Å². The number of hydrogen-bond donors (Lipinski definition) is 1. The monoisotopic (exact) mass is 296 g/mol. The van der Waals surface area contributed by atoms with Gasteiger partial charge >= 0.3 is 0 Å². The number of methoxy groups -OCH3 is 1. The lowest BCUT2D eigenvalue weighted by Crippen LogP contribution is -2.41. The Kier molecular flexibility index (Phi) is 5.96. The summed E-state index contributed by atoms with van der Waals surface area (Å²) in [4.78, 5) is 2.32. The van der Waals surface area contributed by atoms with Crippen molar-refractivity contribution in [3.05, 3.63) is 29.6 Å². The lowest BCUT2D eigenvalue weighted by molar-refractivity contribution is 0.00448. The fourth-order valence-corrected chi connectivity index (χ4v) is 2.98. The molecule has 0 amide bonds. The minimum atomic E-state index is -0.336.